The Bertz CT molecular complexity index is 767. The van der Waals surface area contributed by atoms with Crippen molar-refractivity contribution < 1.29 is 8.42 Å². The zero-order valence-corrected chi connectivity index (χ0v) is 14.8. The predicted octanol–water partition coefficient (Wildman–Crippen LogP) is 2.95. The second-order valence-corrected chi connectivity index (χ2v) is 7.73. The first kappa shape index (κ1) is 16.3. The van der Waals surface area contributed by atoms with E-state index in [2.05, 4.69) is 21.0 Å². The van der Waals surface area contributed by atoms with Crippen molar-refractivity contribution in [3.05, 3.63) is 39.1 Å². The average Bonchev–Trinajstić information content (AvgIpc) is 2.65. The van der Waals surface area contributed by atoms with Gasteiger partial charge in [0.15, 0.2) is 9.84 Å². The first-order chi connectivity index (χ1) is 9.77. The van der Waals surface area contributed by atoms with Crippen LogP contribution in [0.2, 0.25) is 5.02 Å². The van der Waals surface area contributed by atoms with Crippen LogP contribution in [0.3, 0.4) is 0 Å². The molecule has 0 saturated heterocycles. The third-order valence-corrected chi connectivity index (χ3v) is 6.21. The maximum absolute atomic E-state index is 12.6. The Morgan fingerprint density at radius 2 is 2.10 bits per heavy atom. The van der Waals surface area contributed by atoms with Crippen LogP contribution in [0, 0.1) is 0 Å². The number of nitrogens with two attached hydrogens (primary N) is 1. The van der Waals surface area contributed by atoms with E-state index in [-0.39, 0.29) is 21.4 Å². The lowest BCUT2D eigenvalue weighted by molar-refractivity contribution is 0.592. The Kier molecular flexibility index (Phi) is 4.65. The summed E-state index contributed by atoms with van der Waals surface area (Å²) in [5.74, 6) is -0.217. The third kappa shape index (κ3) is 3.09. The molecule has 0 aliphatic rings. The molecule has 0 atom stereocenters. The molecule has 2 aromatic rings. The largest absolute Gasteiger partial charge is 0.398 e. The molecule has 5 nitrogen and oxygen atoms in total. The number of benzene rings is 1. The van der Waals surface area contributed by atoms with E-state index in [1.165, 1.54) is 12.1 Å². The SMILES string of the molecule is CCc1nn(C)c(CS(=O)(=O)c2c(N)cccc2Cl)c1Br. The molecule has 2 rings (SSSR count). The van der Waals surface area contributed by atoms with Crippen LogP contribution >= 0.6 is 27.5 Å². The Hall–Kier alpha value is -1.05. The molecule has 0 unspecified atom stereocenters. The summed E-state index contributed by atoms with van der Waals surface area (Å²) in [6, 6.07) is 4.65. The van der Waals surface area contributed by atoms with Crippen molar-refractivity contribution in [2.75, 3.05) is 5.73 Å². The molecule has 0 spiro atoms. The molecule has 0 saturated carbocycles. The minimum Gasteiger partial charge on any atom is -0.398 e. The smallest absolute Gasteiger partial charge is 0.187 e. The van der Waals surface area contributed by atoms with E-state index in [0.717, 1.165) is 5.69 Å². The van der Waals surface area contributed by atoms with Gasteiger partial charge in [0.05, 0.1) is 32.3 Å². The Morgan fingerprint density at radius 3 is 2.62 bits per heavy atom. The van der Waals surface area contributed by atoms with E-state index in [0.29, 0.717) is 16.6 Å². The molecule has 1 aromatic heterocycles. The van der Waals surface area contributed by atoms with Crippen LogP contribution in [-0.4, -0.2) is 18.2 Å². The van der Waals surface area contributed by atoms with Gasteiger partial charge >= 0.3 is 0 Å². The highest BCUT2D eigenvalue weighted by Gasteiger charge is 2.25. The topological polar surface area (TPSA) is 78.0 Å². The third-order valence-electron chi connectivity index (χ3n) is 3.14. The van der Waals surface area contributed by atoms with Gasteiger partial charge in [0.1, 0.15) is 4.90 Å². The van der Waals surface area contributed by atoms with Crippen LogP contribution < -0.4 is 5.73 Å². The molecule has 0 radical (unpaired) electrons. The van der Waals surface area contributed by atoms with E-state index in [4.69, 9.17) is 17.3 Å². The summed E-state index contributed by atoms with van der Waals surface area (Å²) < 4.78 is 27.5. The Labute approximate surface area is 137 Å². The number of hydrogen-bond donors (Lipinski definition) is 1. The van der Waals surface area contributed by atoms with Gasteiger partial charge < -0.3 is 5.73 Å². The van der Waals surface area contributed by atoms with Crippen molar-refractivity contribution in [1.82, 2.24) is 9.78 Å². The predicted molar refractivity (Wildman–Crippen MR) is 87.0 cm³/mol. The molecule has 114 valence electrons. The Balaban J connectivity index is 2.50. The second kappa shape index (κ2) is 5.98. The van der Waals surface area contributed by atoms with E-state index < -0.39 is 9.84 Å². The lowest BCUT2D eigenvalue weighted by Crippen LogP contribution is -2.11. The van der Waals surface area contributed by atoms with Gasteiger partial charge in [-0.05, 0) is 34.5 Å². The lowest BCUT2D eigenvalue weighted by Gasteiger charge is -2.10. The van der Waals surface area contributed by atoms with Crippen molar-refractivity contribution in [1.29, 1.82) is 0 Å². The van der Waals surface area contributed by atoms with Crippen LogP contribution in [0.1, 0.15) is 18.3 Å². The maximum Gasteiger partial charge on any atom is 0.187 e. The van der Waals surface area contributed by atoms with Gasteiger partial charge in [-0.1, -0.05) is 24.6 Å². The zero-order valence-electron chi connectivity index (χ0n) is 11.6. The molecular formula is C13H15BrClN3O2S. The minimum absolute atomic E-state index is 0.0298. The molecular weight excluding hydrogens is 378 g/mol. The van der Waals surface area contributed by atoms with Crippen molar-refractivity contribution in [2.45, 2.75) is 24.0 Å². The van der Waals surface area contributed by atoms with Crippen LogP contribution in [0.25, 0.3) is 0 Å². The highest BCUT2D eigenvalue weighted by Crippen LogP contribution is 2.32. The highest BCUT2D eigenvalue weighted by molar-refractivity contribution is 9.10. The normalized spacial score (nSPS) is 11.8. The number of halogens is 2. The summed E-state index contributed by atoms with van der Waals surface area (Å²) >= 11 is 9.41. The number of aromatic nitrogens is 2. The average molecular weight is 393 g/mol. The van der Waals surface area contributed by atoms with E-state index >= 15 is 0 Å². The van der Waals surface area contributed by atoms with Gasteiger partial charge in [0.25, 0.3) is 0 Å². The number of anilines is 1. The van der Waals surface area contributed by atoms with Gasteiger partial charge in [0, 0.05) is 7.05 Å². The molecule has 0 aliphatic heterocycles. The van der Waals surface area contributed by atoms with Crippen molar-refractivity contribution in [3.8, 4) is 0 Å². The van der Waals surface area contributed by atoms with Crippen molar-refractivity contribution >= 4 is 43.1 Å². The second-order valence-electron chi connectivity index (χ2n) is 4.60. The zero-order chi connectivity index (χ0) is 15.8. The van der Waals surface area contributed by atoms with Crippen LogP contribution in [0.4, 0.5) is 5.69 Å². The number of aryl methyl sites for hydroxylation is 2. The number of hydrogen-bond acceptors (Lipinski definition) is 4. The van der Waals surface area contributed by atoms with Crippen LogP contribution in [0.15, 0.2) is 27.6 Å². The summed E-state index contributed by atoms with van der Waals surface area (Å²) in [4.78, 5) is -0.0298. The van der Waals surface area contributed by atoms with E-state index in [9.17, 15) is 8.42 Å². The highest BCUT2D eigenvalue weighted by atomic mass is 79.9. The van der Waals surface area contributed by atoms with Crippen LogP contribution in [-0.2, 0) is 29.1 Å². The standard InChI is InChI=1S/C13H15BrClN3O2S/c1-3-10-12(14)11(18(2)17-10)7-21(19,20)13-8(15)5-4-6-9(13)16/h4-6H,3,7,16H2,1-2H3. The Morgan fingerprint density at radius 1 is 1.43 bits per heavy atom. The molecule has 8 heteroatoms. The summed E-state index contributed by atoms with van der Waals surface area (Å²) in [7, 11) is -1.95. The maximum atomic E-state index is 12.6. The fourth-order valence-corrected chi connectivity index (χ4v) is 5.19. The fourth-order valence-electron chi connectivity index (χ4n) is 2.08. The van der Waals surface area contributed by atoms with Gasteiger partial charge in [-0.15, -0.1) is 0 Å². The van der Waals surface area contributed by atoms with E-state index in [1.807, 2.05) is 6.92 Å². The van der Waals surface area contributed by atoms with Crippen molar-refractivity contribution in [3.63, 3.8) is 0 Å². The summed E-state index contributed by atoms with van der Waals surface area (Å²) in [5, 5.41) is 4.42. The number of sulfone groups is 1. The summed E-state index contributed by atoms with van der Waals surface area (Å²) in [6.45, 7) is 1.96. The van der Waals surface area contributed by atoms with Crippen molar-refractivity contribution in [2.24, 2.45) is 7.05 Å². The molecule has 0 fully saturated rings. The minimum atomic E-state index is -3.66. The fraction of sp³-hybridized carbons (Fsp3) is 0.308. The first-order valence-corrected chi connectivity index (χ1v) is 9.07. The van der Waals surface area contributed by atoms with Crippen LogP contribution in [0.5, 0.6) is 0 Å². The molecule has 1 heterocycles. The lowest BCUT2D eigenvalue weighted by atomic mass is 10.3. The number of rotatable bonds is 4. The van der Waals surface area contributed by atoms with Gasteiger partial charge in [-0.25, -0.2) is 8.42 Å². The van der Waals surface area contributed by atoms with E-state index in [1.54, 1.807) is 17.8 Å². The summed E-state index contributed by atoms with van der Waals surface area (Å²) in [6.07, 6.45) is 0.711. The first-order valence-electron chi connectivity index (χ1n) is 6.25. The molecule has 21 heavy (non-hydrogen) atoms. The number of nitrogens with zero attached hydrogens (tertiary/aromatic N) is 2. The van der Waals surface area contributed by atoms with Gasteiger partial charge in [-0.2, -0.15) is 5.10 Å². The molecule has 1 aromatic carbocycles. The molecule has 0 bridgehead atoms. The number of nitrogen functional groups attached to an aromatic ring is 1. The summed E-state index contributed by atoms with van der Waals surface area (Å²) in [5.41, 5.74) is 7.31. The quantitative estimate of drug-likeness (QED) is 0.811. The molecule has 0 amide bonds. The monoisotopic (exact) mass is 391 g/mol. The molecule has 0 aliphatic carbocycles. The molecule has 2 N–H and O–H groups in total. The van der Waals surface area contributed by atoms with Gasteiger partial charge in [-0.3, -0.25) is 4.68 Å². The van der Waals surface area contributed by atoms with Gasteiger partial charge in [0.2, 0.25) is 0 Å².